The van der Waals surface area contributed by atoms with E-state index < -0.39 is 6.10 Å². The predicted octanol–water partition coefficient (Wildman–Crippen LogP) is 2.22. The second-order valence-corrected chi connectivity index (χ2v) is 3.82. The first-order valence-electron chi connectivity index (χ1n) is 6.20. The largest absolute Gasteiger partial charge is 0.469 e. The molecule has 0 aromatic rings. The van der Waals surface area contributed by atoms with Crippen molar-refractivity contribution >= 4 is 5.97 Å². The first kappa shape index (κ1) is 17.0. The maximum atomic E-state index is 10.8. The number of terminal acetylenes is 1. The highest BCUT2D eigenvalue weighted by Crippen LogP contribution is 1.99. The van der Waals surface area contributed by atoms with Gasteiger partial charge in [-0.3, -0.25) is 4.79 Å². The molecule has 1 atom stereocenters. The van der Waals surface area contributed by atoms with Crippen LogP contribution in [0, 0.1) is 24.2 Å². The molecule has 0 saturated heterocycles. The third-order valence-corrected chi connectivity index (χ3v) is 2.21. The summed E-state index contributed by atoms with van der Waals surface area (Å²) in [5.74, 6) is 8.04. The fourth-order valence-electron chi connectivity index (χ4n) is 1.20. The average molecular weight is 260 g/mol. The van der Waals surface area contributed by atoms with Crippen molar-refractivity contribution < 1.29 is 14.6 Å². The SMILES string of the molecule is C#CC[C@@H](O)C=CC=CC#CCCCCC(=O)OC. The number of hydrogen-bond acceptors (Lipinski definition) is 3. The minimum absolute atomic E-state index is 0.177. The molecule has 0 aliphatic carbocycles. The molecule has 1 N–H and O–H groups in total. The molecule has 0 amide bonds. The fraction of sp³-hybridized carbons (Fsp3) is 0.438. The van der Waals surface area contributed by atoms with Crippen LogP contribution in [0.25, 0.3) is 0 Å². The highest BCUT2D eigenvalue weighted by molar-refractivity contribution is 5.68. The van der Waals surface area contributed by atoms with Gasteiger partial charge in [0.1, 0.15) is 0 Å². The molecule has 3 nitrogen and oxygen atoms in total. The van der Waals surface area contributed by atoms with Crippen LogP contribution in [-0.2, 0) is 9.53 Å². The smallest absolute Gasteiger partial charge is 0.305 e. The number of aliphatic hydroxyl groups is 1. The van der Waals surface area contributed by atoms with E-state index in [1.165, 1.54) is 7.11 Å². The Morgan fingerprint density at radius 2 is 2.21 bits per heavy atom. The van der Waals surface area contributed by atoms with Crippen LogP contribution >= 0.6 is 0 Å². The third-order valence-electron chi connectivity index (χ3n) is 2.21. The molecule has 0 radical (unpaired) electrons. The van der Waals surface area contributed by atoms with E-state index >= 15 is 0 Å². The Morgan fingerprint density at radius 1 is 1.42 bits per heavy atom. The second-order valence-electron chi connectivity index (χ2n) is 3.82. The number of methoxy groups -OCH3 is 1. The van der Waals surface area contributed by atoms with E-state index in [0.29, 0.717) is 12.8 Å². The molecule has 0 aromatic heterocycles. The van der Waals surface area contributed by atoms with Gasteiger partial charge in [0.25, 0.3) is 0 Å². The summed E-state index contributed by atoms with van der Waals surface area (Å²) >= 11 is 0. The Labute approximate surface area is 115 Å². The van der Waals surface area contributed by atoms with E-state index in [1.807, 2.05) is 0 Å². The number of hydrogen-bond donors (Lipinski definition) is 1. The quantitative estimate of drug-likeness (QED) is 0.330. The molecular formula is C16H20O3. The molecule has 19 heavy (non-hydrogen) atoms. The van der Waals surface area contributed by atoms with Gasteiger partial charge in [0, 0.05) is 19.3 Å². The Balaban J connectivity index is 3.64. The molecule has 0 aliphatic rings. The lowest BCUT2D eigenvalue weighted by Crippen LogP contribution is -1.98. The van der Waals surface area contributed by atoms with Gasteiger partial charge in [0.05, 0.1) is 13.2 Å². The lowest BCUT2D eigenvalue weighted by Gasteiger charge is -1.95. The zero-order chi connectivity index (χ0) is 14.3. The zero-order valence-corrected chi connectivity index (χ0v) is 11.3. The first-order chi connectivity index (χ1) is 9.20. The molecule has 102 valence electrons. The molecule has 0 heterocycles. The molecule has 0 fully saturated rings. The number of unbranched alkanes of at least 4 members (excludes halogenated alkanes) is 2. The Bertz CT molecular complexity index is 402. The van der Waals surface area contributed by atoms with Crippen LogP contribution in [0.5, 0.6) is 0 Å². The van der Waals surface area contributed by atoms with Gasteiger partial charge in [-0.1, -0.05) is 30.1 Å². The summed E-state index contributed by atoms with van der Waals surface area (Å²) < 4.78 is 4.53. The standard InChI is InChI=1S/C16H20O3/c1-3-12-15(17)13-10-8-6-4-5-7-9-11-14-16(18)19-2/h1,6,8,10,13,15,17H,7,9,11-12,14H2,2H3/t15-/m1/s1. The molecule has 0 bridgehead atoms. The average Bonchev–Trinajstić information content (AvgIpc) is 2.40. The van der Waals surface area contributed by atoms with Crippen LogP contribution in [0.2, 0.25) is 0 Å². The summed E-state index contributed by atoms with van der Waals surface area (Å²) in [5.41, 5.74) is 0. The van der Waals surface area contributed by atoms with E-state index in [-0.39, 0.29) is 5.97 Å². The number of carbonyl (C=O) groups is 1. The third kappa shape index (κ3) is 12.3. The molecule has 0 aromatic carbocycles. The number of esters is 1. The molecule has 3 heteroatoms. The molecular weight excluding hydrogens is 240 g/mol. The van der Waals surface area contributed by atoms with Gasteiger partial charge in [-0.15, -0.1) is 12.3 Å². The normalized spacial score (nSPS) is 11.8. The highest BCUT2D eigenvalue weighted by Gasteiger charge is 1.97. The topological polar surface area (TPSA) is 46.5 Å². The number of allylic oxidation sites excluding steroid dienone is 3. The van der Waals surface area contributed by atoms with Crippen LogP contribution in [0.1, 0.15) is 32.1 Å². The molecule has 0 spiro atoms. The van der Waals surface area contributed by atoms with E-state index in [2.05, 4.69) is 22.5 Å². The molecule has 0 aliphatic heterocycles. The van der Waals surface area contributed by atoms with Crippen molar-refractivity contribution in [3.8, 4) is 24.2 Å². The van der Waals surface area contributed by atoms with Crippen LogP contribution < -0.4 is 0 Å². The summed E-state index contributed by atoms with van der Waals surface area (Å²) in [4.78, 5) is 10.8. The van der Waals surface area contributed by atoms with Gasteiger partial charge in [0.2, 0.25) is 0 Å². The van der Waals surface area contributed by atoms with Crippen molar-refractivity contribution in [1.82, 2.24) is 0 Å². The minimum atomic E-state index is -0.596. The second kappa shape index (κ2) is 12.5. The van der Waals surface area contributed by atoms with Gasteiger partial charge in [-0.05, 0) is 18.9 Å². The van der Waals surface area contributed by atoms with E-state index in [4.69, 9.17) is 6.42 Å². The summed E-state index contributed by atoms with van der Waals surface area (Å²) in [6, 6.07) is 0. The Hall–Kier alpha value is -1.97. The van der Waals surface area contributed by atoms with Crippen molar-refractivity contribution in [2.24, 2.45) is 0 Å². The predicted molar refractivity (Wildman–Crippen MR) is 76.0 cm³/mol. The van der Waals surface area contributed by atoms with Crippen molar-refractivity contribution in [2.75, 3.05) is 7.11 Å². The minimum Gasteiger partial charge on any atom is -0.469 e. The van der Waals surface area contributed by atoms with Crippen molar-refractivity contribution in [2.45, 2.75) is 38.2 Å². The van der Waals surface area contributed by atoms with Gasteiger partial charge < -0.3 is 9.84 Å². The Kier molecular flexibility index (Phi) is 11.2. The lowest BCUT2D eigenvalue weighted by molar-refractivity contribution is -0.140. The number of rotatable bonds is 7. The van der Waals surface area contributed by atoms with E-state index in [9.17, 15) is 9.90 Å². The van der Waals surface area contributed by atoms with Crippen LogP contribution in [0.3, 0.4) is 0 Å². The monoisotopic (exact) mass is 260 g/mol. The Morgan fingerprint density at radius 3 is 2.89 bits per heavy atom. The summed E-state index contributed by atoms with van der Waals surface area (Å²) in [7, 11) is 1.39. The summed E-state index contributed by atoms with van der Waals surface area (Å²) in [6.45, 7) is 0. The van der Waals surface area contributed by atoms with Gasteiger partial charge in [0.15, 0.2) is 0 Å². The molecule has 0 saturated carbocycles. The van der Waals surface area contributed by atoms with E-state index in [0.717, 1.165) is 19.3 Å². The molecule has 0 unspecified atom stereocenters. The highest BCUT2D eigenvalue weighted by atomic mass is 16.5. The van der Waals surface area contributed by atoms with Crippen molar-refractivity contribution in [3.05, 3.63) is 24.3 Å². The van der Waals surface area contributed by atoms with Crippen LogP contribution in [0.4, 0.5) is 0 Å². The van der Waals surface area contributed by atoms with Crippen molar-refractivity contribution in [3.63, 3.8) is 0 Å². The van der Waals surface area contributed by atoms with Gasteiger partial charge >= 0.3 is 5.97 Å². The van der Waals surface area contributed by atoms with Gasteiger partial charge in [-0.2, -0.15) is 0 Å². The number of carbonyl (C=O) groups excluding carboxylic acids is 1. The van der Waals surface area contributed by atoms with Crippen molar-refractivity contribution in [1.29, 1.82) is 0 Å². The first-order valence-corrected chi connectivity index (χ1v) is 6.20. The maximum Gasteiger partial charge on any atom is 0.305 e. The van der Waals surface area contributed by atoms with Crippen LogP contribution in [0.15, 0.2) is 24.3 Å². The maximum absolute atomic E-state index is 10.8. The summed E-state index contributed by atoms with van der Waals surface area (Å²) in [6.07, 6.45) is 14.4. The fourth-order valence-corrected chi connectivity index (χ4v) is 1.20. The van der Waals surface area contributed by atoms with E-state index in [1.54, 1.807) is 24.3 Å². The lowest BCUT2D eigenvalue weighted by atomic mass is 10.2. The van der Waals surface area contributed by atoms with Gasteiger partial charge in [-0.25, -0.2) is 0 Å². The number of aliphatic hydroxyl groups excluding tert-OH is 1. The number of ether oxygens (including phenoxy) is 1. The van der Waals surface area contributed by atoms with Crippen LogP contribution in [-0.4, -0.2) is 24.3 Å². The molecule has 0 rings (SSSR count). The zero-order valence-electron chi connectivity index (χ0n) is 11.3. The summed E-state index contributed by atoms with van der Waals surface area (Å²) in [5, 5.41) is 9.28.